The van der Waals surface area contributed by atoms with E-state index in [4.69, 9.17) is 26.9 Å². The molecule has 0 amide bonds. The number of nitriles is 2. The van der Waals surface area contributed by atoms with E-state index in [0.29, 0.717) is 16.5 Å². The molecule has 0 bridgehead atoms. The molecule has 5 heteroatoms. The summed E-state index contributed by atoms with van der Waals surface area (Å²) in [6.07, 6.45) is 1.29. The molecule has 0 heterocycles. The minimum atomic E-state index is -0.0270. The lowest BCUT2D eigenvalue weighted by molar-refractivity contribution is 0.244. The number of benzene rings is 1. The summed E-state index contributed by atoms with van der Waals surface area (Å²) in [4.78, 5) is 0. The van der Waals surface area contributed by atoms with Crippen molar-refractivity contribution in [2.24, 2.45) is 0 Å². The lowest BCUT2D eigenvalue weighted by atomic mass is 10.2. The van der Waals surface area contributed by atoms with Crippen molar-refractivity contribution in [1.82, 2.24) is 0 Å². The minimum absolute atomic E-state index is 0.0227. The summed E-state index contributed by atoms with van der Waals surface area (Å²) in [5.74, 6) is 0.501. The van der Waals surface area contributed by atoms with Crippen molar-refractivity contribution in [3.05, 3.63) is 35.0 Å². The van der Waals surface area contributed by atoms with Gasteiger partial charge in [-0.2, -0.15) is 10.5 Å². The molecule has 0 spiro atoms. The van der Waals surface area contributed by atoms with Crippen LogP contribution < -0.4 is 10.1 Å². The van der Waals surface area contributed by atoms with Crippen LogP contribution in [-0.4, -0.2) is 6.10 Å². The van der Waals surface area contributed by atoms with Crippen LogP contribution in [-0.2, 0) is 0 Å². The molecule has 1 aromatic rings. The maximum atomic E-state index is 8.64. The van der Waals surface area contributed by atoms with E-state index >= 15 is 0 Å². The fourth-order valence-electron chi connectivity index (χ4n) is 1.22. The molecule has 92 valence electrons. The van der Waals surface area contributed by atoms with Crippen molar-refractivity contribution in [3.8, 4) is 17.9 Å². The summed E-state index contributed by atoms with van der Waals surface area (Å²) in [5.41, 5.74) is 0.588. The van der Waals surface area contributed by atoms with Gasteiger partial charge in [0.25, 0.3) is 0 Å². The molecule has 0 radical (unpaired) electrons. The molecule has 18 heavy (non-hydrogen) atoms. The van der Waals surface area contributed by atoms with Crippen molar-refractivity contribution in [3.63, 3.8) is 0 Å². The molecule has 0 saturated carbocycles. The maximum Gasteiger partial charge on any atom is 0.161 e. The lowest BCUT2D eigenvalue weighted by Crippen LogP contribution is -2.07. The molecule has 0 saturated heterocycles. The predicted molar refractivity (Wildman–Crippen MR) is 70.1 cm³/mol. The van der Waals surface area contributed by atoms with Crippen molar-refractivity contribution in [1.29, 1.82) is 10.5 Å². The molecular formula is C13H12ClN3O. The average Bonchev–Trinajstić information content (AvgIpc) is 2.34. The second-order valence-corrected chi connectivity index (χ2v) is 4.12. The Hall–Kier alpha value is -2.17. The van der Waals surface area contributed by atoms with E-state index < -0.39 is 0 Å². The highest BCUT2D eigenvalue weighted by atomic mass is 35.5. The monoisotopic (exact) mass is 261 g/mol. The third-order valence-corrected chi connectivity index (χ3v) is 2.23. The first kappa shape index (κ1) is 13.9. The Labute approximate surface area is 111 Å². The second kappa shape index (κ2) is 6.54. The smallest absolute Gasteiger partial charge is 0.161 e. The number of halogens is 1. The van der Waals surface area contributed by atoms with Crippen LogP contribution in [0.1, 0.15) is 13.8 Å². The summed E-state index contributed by atoms with van der Waals surface area (Å²) in [7, 11) is 0. The van der Waals surface area contributed by atoms with Crippen LogP contribution >= 0.6 is 11.6 Å². The van der Waals surface area contributed by atoms with E-state index in [0.717, 1.165) is 0 Å². The Balaban J connectivity index is 3.03. The Morgan fingerprint density at radius 2 is 2.06 bits per heavy atom. The summed E-state index contributed by atoms with van der Waals surface area (Å²) in [6.45, 7) is 3.78. The first-order chi connectivity index (χ1) is 8.58. The van der Waals surface area contributed by atoms with E-state index in [1.165, 1.54) is 6.20 Å². The average molecular weight is 262 g/mol. The molecular weight excluding hydrogens is 250 g/mol. The van der Waals surface area contributed by atoms with Gasteiger partial charge in [0.2, 0.25) is 0 Å². The van der Waals surface area contributed by atoms with E-state index in [1.54, 1.807) is 30.3 Å². The number of anilines is 1. The van der Waals surface area contributed by atoms with Crippen molar-refractivity contribution in [2.75, 3.05) is 5.32 Å². The van der Waals surface area contributed by atoms with Gasteiger partial charge in [0, 0.05) is 6.20 Å². The highest BCUT2D eigenvalue weighted by Crippen LogP contribution is 2.33. The van der Waals surface area contributed by atoms with E-state index in [2.05, 4.69) is 5.32 Å². The maximum absolute atomic E-state index is 8.64. The van der Waals surface area contributed by atoms with Gasteiger partial charge in [0.1, 0.15) is 17.7 Å². The SMILES string of the molecule is CC(C)Oc1c(Cl)cccc1NC=C(C#N)C#N. The Morgan fingerprint density at radius 3 is 2.61 bits per heavy atom. The number of nitrogens with one attached hydrogen (secondary N) is 1. The number of rotatable bonds is 4. The summed E-state index contributed by atoms with van der Waals surface area (Å²) in [5, 5.41) is 20.6. The zero-order valence-electron chi connectivity index (χ0n) is 10.1. The molecule has 0 aliphatic carbocycles. The van der Waals surface area contributed by atoms with Gasteiger partial charge in [-0.25, -0.2) is 0 Å². The van der Waals surface area contributed by atoms with Gasteiger partial charge < -0.3 is 10.1 Å². The summed E-state index contributed by atoms with van der Waals surface area (Å²) < 4.78 is 5.59. The van der Waals surface area contributed by atoms with Crippen LogP contribution in [0.25, 0.3) is 0 Å². The van der Waals surface area contributed by atoms with Crippen LogP contribution in [0.15, 0.2) is 30.0 Å². The standard InChI is InChI=1S/C13H12ClN3O/c1-9(2)18-13-11(14)4-3-5-12(13)17-8-10(6-15)7-16/h3-5,8-9,17H,1-2H3. The van der Waals surface area contributed by atoms with Gasteiger partial charge in [-0.3, -0.25) is 0 Å². The molecule has 1 N–H and O–H groups in total. The molecule has 0 aliphatic rings. The fraction of sp³-hybridized carbons (Fsp3) is 0.231. The number of para-hydroxylation sites is 1. The van der Waals surface area contributed by atoms with Crippen LogP contribution in [0.5, 0.6) is 5.75 Å². The molecule has 1 rings (SSSR count). The highest BCUT2D eigenvalue weighted by molar-refractivity contribution is 6.32. The zero-order valence-corrected chi connectivity index (χ0v) is 10.8. The van der Waals surface area contributed by atoms with Crippen LogP contribution in [0.3, 0.4) is 0 Å². The van der Waals surface area contributed by atoms with E-state index in [-0.39, 0.29) is 11.7 Å². The molecule has 0 aromatic heterocycles. The number of hydrogen-bond donors (Lipinski definition) is 1. The quantitative estimate of drug-likeness (QED) is 0.843. The summed E-state index contributed by atoms with van der Waals surface area (Å²) >= 11 is 6.04. The van der Waals surface area contributed by atoms with Gasteiger partial charge in [-0.05, 0) is 26.0 Å². The van der Waals surface area contributed by atoms with Crippen molar-refractivity contribution in [2.45, 2.75) is 20.0 Å². The van der Waals surface area contributed by atoms with Gasteiger partial charge >= 0.3 is 0 Å². The van der Waals surface area contributed by atoms with Gasteiger partial charge in [0.05, 0.1) is 16.8 Å². The van der Waals surface area contributed by atoms with Gasteiger partial charge in [-0.15, -0.1) is 0 Å². The van der Waals surface area contributed by atoms with Crippen molar-refractivity contribution >= 4 is 17.3 Å². The first-order valence-corrected chi connectivity index (χ1v) is 5.68. The highest BCUT2D eigenvalue weighted by Gasteiger charge is 2.09. The molecule has 0 fully saturated rings. The largest absolute Gasteiger partial charge is 0.487 e. The van der Waals surface area contributed by atoms with Crippen molar-refractivity contribution < 1.29 is 4.74 Å². The number of hydrogen-bond acceptors (Lipinski definition) is 4. The Bertz CT molecular complexity index is 522. The zero-order chi connectivity index (χ0) is 13.5. The predicted octanol–water partition coefficient (Wildman–Crippen LogP) is 3.47. The molecule has 0 unspecified atom stereocenters. The first-order valence-electron chi connectivity index (χ1n) is 5.30. The fourth-order valence-corrected chi connectivity index (χ4v) is 1.44. The topological polar surface area (TPSA) is 68.8 Å². The van der Waals surface area contributed by atoms with E-state index in [1.807, 2.05) is 13.8 Å². The molecule has 4 nitrogen and oxygen atoms in total. The minimum Gasteiger partial charge on any atom is -0.487 e. The molecule has 0 aliphatic heterocycles. The number of allylic oxidation sites excluding steroid dienone is 1. The van der Waals surface area contributed by atoms with Crippen LogP contribution in [0, 0.1) is 22.7 Å². The third-order valence-electron chi connectivity index (χ3n) is 1.93. The molecule has 0 atom stereocenters. The third kappa shape index (κ3) is 3.69. The second-order valence-electron chi connectivity index (χ2n) is 3.71. The van der Waals surface area contributed by atoms with Crippen LogP contribution in [0.4, 0.5) is 5.69 Å². The number of ether oxygens (including phenoxy) is 1. The Kier molecular flexibility index (Phi) is 5.05. The van der Waals surface area contributed by atoms with Crippen LogP contribution in [0.2, 0.25) is 5.02 Å². The van der Waals surface area contributed by atoms with Gasteiger partial charge in [-0.1, -0.05) is 17.7 Å². The lowest BCUT2D eigenvalue weighted by Gasteiger charge is -2.15. The van der Waals surface area contributed by atoms with Gasteiger partial charge in [0.15, 0.2) is 5.75 Å². The Morgan fingerprint density at radius 1 is 1.39 bits per heavy atom. The normalized spacial score (nSPS) is 9.22. The molecule has 1 aromatic carbocycles. The summed E-state index contributed by atoms with van der Waals surface area (Å²) in [6, 6.07) is 8.74. The number of nitrogens with zero attached hydrogens (tertiary/aromatic N) is 2. The van der Waals surface area contributed by atoms with E-state index in [9.17, 15) is 0 Å².